The Kier molecular flexibility index (Phi) is 3.25. The summed E-state index contributed by atoms with van der Waals surface area (Å²) in [7, 11) is 1.40. The monoisotopic (exact) mass is 266 g/mol. The van der Waals surface area contributed by atoms with Crippen LogP contribution in [0.3, 0.4) is 0 Å². The van der Waals surface area contributed by atoms with E-state index < -0.39 is 0 Å². The van der Waals surface area contributed by atoms with Crippen molar-refractivity contribution in [1.29, 1.82) is 0 Å². The second-order valence-corrected chi connectivity index (χ2v) is 4.55. The number of carbonyl (C=O) groups is 1. The molecule has 1 aliphatic carbocycles. The molecular weight excluding hydrogens is 252 g/mol. The van der Waals surface area contributed by atoms with Crippen LogP contribution in [0.25, 0.3) is 22.5 Å². The van der Waals surface area contributed by atoms with Gasteiger partial charge >= 0.3 is 5.97 Å². The van der Waals surface area contributed by atoms with Crippen LogP contribution in [0.15, 0.2) is 59.2 Å². The van der Waals surface area contributed by atoms with Gasteiger partial charge in [0, 0.05) is 11.1 Å². The average molecular weight is 266 g/mol. The molecule has 0 atom stereocenters. The minimum Gasteiger partial charge on any atom is -0.469 e. The maximum atomic E-state index is 11.6. The van der Waals surface area contributed by atoms with Crippen LogP contribution in [0, 0.1) is 0 Å². The van der Waals surface area contributed by atoms with Crippen molar-refractivity contribution in [3.05, 3.63) is 60.4 Å². The van der Waals surface area contributed by atoms with E-state index in [-0.39, 0.29) is 12.4 Å². The zero-order chi connectivity index (χ0) is 13.9. The molecular formula is C17H14O3. The standard InChI is InChI=1S/C17H14O3/c1-19-16(18)11-15-14(12-6-3-2-4-7-12)10-13-8-5-9-20-17(13)15/h2-10H,11H2,1H3. The number of fused-ring (bicyclic) bond motifs is 1. The highest BCUT2D eigenvalue weighted by molar-refractivity contribution is 5.87. The van der Waals surface area contributed by atoms with Gasteiger partial charge in [0.1, 0.15) is 5.76 Å². The summed E-state index contributed by atoms with van der Waals surface area (Å²) in [5, 5.41) is 0. The lowest BCUT2D eigenvalue weighted by molar-refractivity contribution is -0.139. The SMILES string of the molecule is COC(=O)Cc1c(-c2ccccc2)cc2cccoc1-2. The van der Waals surface area contributed by atoms with Crippen molar-refractivity contribution in [1.82, 2.24) is 0 Å². The lowest BCUT2D eigenvalue weighted by Gasteiger charge is -2.05. The smallest absolute Gasteiger partial charge is 0.310 e. The van der Waals surface area contributed by atoms with Gasteiger partial charge in [0.15, 0.2) is 0 Å². The number of carbonyl (C=O) groups excluding carboxylic acids is 1. The predicted molar refractivity (Wildman–Crippen MR) is 76.5 cm³/mol. The second-order valence-electron chi connectivity index (χ2n) is 4.55. The van der Waals surface area contributed by atoms with E-state index in [2.05, 4.69) is 0 Å². The van der Waals surface area contributed by atoms with Gasteiger partial charge in [0.25, 0.3) is 0 Å². The molecule has 3 heteroatoms. The molecule has 0 N–H and O–H groups in total. The third-order valence-corrected chi connectivity index (χ3v) is 3.34. The fourth-order valence-electron chi connectivity index (χ4n) is 2.39. The molecule has 0 aromatic heterocycles. The van der Waals surface area contributed by atoms with Gasteiger partial charge < -0.3 is 9.15 Å². The van der Waals surface area contributed by atoms with Gasteiger partial charge in [-0.15, -0.1) is 0 Å². The van der Waals surface area contributed by atoms with Gasteiger partial charge in [-0.3, -0.25) is 4.79 Å². The van der Waals surface area contributed by atoms with Crippen LogP contribution >= 0.6 is 0 Å². The van der Waals surface area contributed by atoms with Crippen LogP contribution in [0.2, 0.25) is 0 Å². The van der Waals surface area contributed by atoms with E-state index in [1.807, 2.05) is 48.5 Å². The molecule has 0 spiro atoms. The van der Waals surface area contributed by atoms with E-state index in [1.165, 1.54) is 7.11 Å². The Labute approximate surface area is 117 Å². The molecule has 0 unspecified atom stereocenters. The Bertz CT molecular complexity index is 698. The summed E-state index contributed by atoms with van der Waals surface area (Å²) < 4.78 is 10.4. The zero-order valence-corrected chi connectivity index (χ0v) is 11.1. The highest BCUT2D eigenvalue weighted by atomic mass is 16.5. The van der Waals surface area contributed by atoms with Gasteiger partial charge in [-0.05, 0) is 29.3 Å². The van der Waals surface area contributed by atoms with Crippen LogP contribution in [-0.4, -0.2) is 13.1 Å². The molecule has 0 fully saturated rings. The van der Waals surface area contributed by atoms with Crippen LogP contribution in [0.5, 0.6) is 0 Å². The Balaban J connectivity index is 2.17. The Hall–Kier alpha value is -2.55. The zero-order valence-electron chi connectivity index (χ0n) is 11.1. The van der Waals surface area contributed by atoms with E-state index in [0.29, 0.717) is 0 Å². The summed E-state index contributed by atoms with van der Waals surface area (Å²) in [6, 6.07) is 15.8. The summed E-state index contributed by atoms with van der Waals surface area (Å²) in [6.07, 6.45) is 1.83. The average Bonchev–Trinajstić information content (AvgIpc) is 2.87. The fraction of sp³-hybridized carbons (Fsp3) is 0.118. The first-order valence-electron chi connectivity index (χ1n) is 6.41. The first-order chi connectivity index (χ1) is 9.79. The number of esters is 1. The normalized spacial score (nSPS) is 10.7. The number of hydrogen-bond donors (Lipinski definition) is 0. The molecule has 0 saturated heterocycles. The van der Waals surface area contributed by atoms with Crippen molar-refractivity contribution in [3.8, 4) is 22.5 Å². The highest BCUT2D eigenvalue weighted by Gasteiger charge is 2.21. The third-order valence-electron chi connectivity index (χ3n) is 3.34. The molecule has 1 aromatic carbocycles. The van der Waals surface area contributed by atoms with Crippen molar-refractivity contribution in [2.24, 2.45) is 0 Å². The summed E-state index contributed by atoms with van der Waals surface area (Å²) >= 11 is 0. The maximum absolute atomic E-state index is 11.6. The van der Waals surface area contributed by atoms with E-state index >= 15 is 0 Å². The van der Waals surface area contributed by atoms with Gasteiger partial charge in [0.05, 0.1) is 19.8 Å². The third kappa shape index (κ3) is 2.18. The van der Waals surface area contributed by atoms with E-state index in [0.717, 1.165) is 28.0 Å². The van der Waals surface area contributed by atoms with Crippen molar-refractivity contribution in [3.63, 3.8) is 0 Å². The van der Waals surface area contributed by atoms with Gasteiger partial charge in [-0.2, -0.15) is 0 Å². The van der Waals surface area contributed by atoms with E-state index in [1.54, 1.807) is 6.26 Å². The molecule has 1 aromatic rings. The van der Waals surface area contributed by atoms with Crippen LogP contribution < -0.4 is 0 Å². The molecule has 1 heterocycles. The Morgan fingerprint density at radius 3 is 2.60 bits per heavy atom. The summed E-state index contributed by atoms with van der Waals surface area (Å²) in [5.74, 6) is 0.477. The molecule has 3 rings (SSSR count). The highest BCUT2D eigenvalue weighted by Crippen LogP contribution is 2.38. The molecule has 100 valence electrons. The number of hydrogen-bond acceptors (Lipinski definition) is 3. The predicted octanol–water partition coefficient (Wildman–Crippen LogP) is 3.77. The number of benzene rings is 1. The van der Waals surface area contributed by atoms with Crippen molar-refractivity contribution in [2.45, 2.75) is 6.42 Å². The second kappa shape index (κ2) is 5.21. The molecule has 3 nitrogen and oxygen atoms in total. The van der Waals surface area contributed by atoms with Crippen molar-refractivity contribution >= 4 is 5.97 Å². The Morgan fingerprint density at radius 1 is 1.10 bits per heavy atom. The lowest BCUT2D eigenvalue weighted by atomic mass is 10.0. The summed E-state index contributed by atoms with van der Waals surface area (Å²) in [5.41, 5.74) is 3.95. The minimum absolute atomic E-state index is 0.206. The molecule has 0 amide bonds. The van der Waals surface area contributed by atoms with Gasteiger partial charge in [0.2, 0.25) is 0 Å². The number of methoxy groups -OCH3 is 1. The first-order valence-corrected chi connectivity index (χ1v) is 6.41. The summed E-state index contributed by atoms with van der Waals surface area (Å²) in [4.78, 5) is 11.6. The first kappa shape index (κ1) is 12.5. The number of ether oxygens (including phenoxy) is 1. The molecule has 0 radical (unpaired) electrons. The lowest BCUT2D eigenvalue weighted by Crippen LogP contribution is -2.05. The fourth-order valence-corrected chi connectivity index (χ4v) is 2.39. The van der Waals surface area contributed by atoms with E-state index in [4.69, 9.17) is 9.15 Å². The number of rotatable bonds is 3. The maximum Gasteiger partial charge on any atom is 0.310 e. The van der Waals surface area contributed by atoms with Crippen LogP contribution in [0.1, 0.15) is 5.56 Å². The largest absolute Gasteiger partial charge is 0.469 e. The van der Waals surface area contributed by atoms with Gasteiger partial charge in [-0.1, -0.05) is 30.3 Å². The molecule has 0 saturated carbocycles. The van der Waals surface area contributed by atoms with Crippen molar-refractivity contribution in [2.75, 3.05) is 7.11 Å². The van der Waals surface area contributed by atoms with Gasteiger partial charge in [-0.25, -0.2) is 0 Å². The molecule has 0 bridgehead atoms. The quantitative estimate of drug-likeness (QED) is 0.677. The molecule has 20 heavy (non-hydrogen) atoms. The van der Waals surface area contributed by atoms with Crippen molar-refractivity contribution < 1.29 is 13.9 Å². The van der Waals surface area contributed by atoms with E-state index in [9.17, 15) is 4.79 Å². The van der Waals surface area contributed by atoms with Crippen LogP contribution in [0.4, 0.5) is 0 Å². The Morgan fingerprint density at radius 2 is 1.85 bits per heavy atom. The van der Waals surface area contributed by atoms with Crippen LogP contribution in [-0.2, 0) is 16.0 Å². The molecule has 1 aliphatic heterocycles. The topological polar surface area (TPSA) is 39.4 Å². The molecule has 2 aliphatic rings. The minimum atomic E-state index is -0.270. The summed E-state index contributed by atoms with van der Waals surface area (Å²) in [6.45, 7) is 0.